The predicted octanol–water partition coefficient (Wildman–Crippen LogP) is 1.76. The molecule has 20 heavy (non-hydrogen) atoms. The number of thioether (sulfide) groups is 1. The van der Waals surface area contributed by atoms with Crippen LogP contribution >= 0.6 is 23.1 Å². The van der Waals surface area contributed by atoms with Crippen LogP contribution in [0.15, 0.2) is 4.90 Å². The first kappa shape index (κ1) is 15.5. The Hall–Kier alpha value is -0.920. The van der Waals surface area contributed by atoms with E-state index in [0.717, 1.165) is 35.8 Å². The molecule has 7 heteroatoms. The number of thiophene rings is 1. The molecule has 1 aromatic rings. The summed E-state index contributed by atoms with van der Waals surface area (Å²) in [6.07, 6.45) is 3.43. The third-order valence-electron chi connectivity index (χ3n) is 3.65. The average Bonchev–Trinajstić information content (AvgIpc) is 2.75. The molecule has 0 radical (unpaired) electrons. The SMILES string of the molecule is CNC(=O)c1sc(N2CCC(C)(O)CC2)c(SC)c1N. The quantitative estimate of drug-likeness (QED) is 0.741. The van der Waals surface area contributed by atoms with Crippen molar-refractivity contribution in [2.45, 2.75) is 30.3 Å². The van der Waals surface area contributed by atoms with Crippen molar-refractivity contribution in [3.8, 4) is 0 Å². The van der Waals surface area contributed by atoms with Gasteiger partial charge in [0.15, 0.2) is 0 Å². The Balaban J connectivity index is 2.30. The Morgan fingerprint density at radius 3 is 2.60 bits per heavy atom. The molecule has 0 aliphatic carbocycles. The van der Waals surface area contributed by atoms with E-state index in [1.165, 1.54) is 11.3 Å². The van der Waals surface area contributed by atoms with E-state index < -0.39 is 5.60 Å². The lowest BCUT2D eigenvalue weighted by Crippen LogP contribution is -2.42. The zero-order chi connectivity index (χ0) is 14.9. The summed E-state index contributed by atoms with van der Waals surface area (Å²) in [5, 5.41) is 13.7. The normalized spacial score (nSPS) is 18.1. The minimum absolute atomic E-state index is 0.141. The fraction of sp³-hybridized carbons (Fsp3) is 0.615. The van der Waals surface area contributed by atoms with E-state index >= 15 is 0 Å². The number of amides is 1. The van der Waals surface area contributed by atoms with Gasteiger partial charge < -0.3 is 21.1 Å². The molecule has 2 heterocycles. The van der Waals surface area contributed by atoms with Gasteiger partial charge in [0.05, 0.1) is 16.2 Å². The smallest absolute Gasteiger partial charge is 0.263 e. The maximum absolute atomic E-state index is 11.9. The van der Waals surface area contributed by atoms with Gasteiger partial charge in [-0.1, -0.05) is 0 Å². The summed E-state index contributed by atoms with van der Waals surface area (Å²) in [5.74, 6) is -0.141. The topological polar surface area (TPSA) is 78.6 Å². The van der Waals surface area contributed by atoms with Crippen LogP contribution in [0.3, 0.4) is 0 Å². The Labute approximate surface area is 127 Å². The van der Waals surface area contributed by atoms with E-state index in [2.05, 4.69) is 10.2 Å². The molecule has 1 aliphatic heterocycles. The van der Waals surface area contributed by atoms with Crippen LogP contribution in [0, 0.1) is 0 Å². The third kappa shape index (κ3) is 2.89. The van der Waals surface area contributed by atoms with Gasteiger partial charge in [-0.25, -0.2) is 0 Å². The second kappa shape index (κ2) is 5.83. The monoisotopic (exact) mass is 315 g/mol. The lowest BCUT2D eigenvalue weighted by molar-refractivity contribution is 0.0352. The molecule has 1 fully saturated rings. The number of nitrogens with one attached hydrogen (secondary N) is 1. The molecule has 5 nitrogen and oxygen atoms in total. The summed E-state index contributed by atoms with van der Waals surface area (Å²) in [4.78, 5) is 15.6. The number of nitrogens with two attached hydrogens (primary N) is 1. The summed E-state index contributed by atoms with van der Waals surface area (Å²) < 4.78 is 0. The van der Waals surface area contributed by atoms with Crippen LogP contribution in [-0.2, 0) is 0 Å². The standard InChI is InChI=1S/C13H21N3O2S2/c1-13(18)4-6-16(7-5-13)12-10(19-3)8(14)9(20-12)11(17)15-2/h18H,4-7,14H2,1-3H3,(H,15,17). The van der Waals surface area contributed by atoms with E-state index in [9.17, 15) is 9.90 Å². The Kier molecular flexibility index (Phi) is 4.51. The zero-order valence-electron chi connectivity index (χ0n) is 12.0. The molecule has 112 valence electrons. The van der Waals surface area contributed by atoms with Crippen molar-refractivity contribution >= 4 is 39.7 Å². The summed E-state index contributed by atoms with van der Waals surface area (Å²) in [5.41, 5.74) is 6.09. The van der Waals surface area contributed by atoms with E-state index in [1.807, 2.05) is 13.2 Å². The number of aliphatic hydroxyl groups is 1. The summed E-state index contributed by atoms with van der Waals surface area (Å²) in [6, 6.07) is 0. The first-order valence-electron chi connectivity index (χ1n) is 6.55. The Bertz CT molecular complexity index is 504. The molecule has 0 atom stereocenters. The van der Waals surface area contributed by atoms with Gasteiger partial charge in [0.1, 0.15) is 9.88 Å². The largest absolute Gasteiger partial charge is 0.396 e. The van der Waals surface area contributed by atoms with Crippen molar-refractivity contribution in [3.05, 3.63) is 4.88 Å². The lowest BCUT2D eigenvalue weighted by atomic mass is 9.94. The van der Waals surface area contributed by atoms with E-state index in [0.29, 0.717) is 10.6 Å². The molecule has 0 spiro atoms. The zero-order valence-corrected chi connectivity index (χ0v) is 13.7. The third-order valence-corrected chi connectivity index (χ3v) is 5.86. The maximum atomic E-state index is 11.9. The van der Waals surface area contributed by atoms with E-state index in [-0.39, 0.29) is 5.91 Å². The number of piperidine rings is 1. The number of rotatable bonds is 3. The fourth-order valence-corrected chi connectivity index (χ4v) is 4.48. The molecule has 0 aromatic carbocycles. The van der Waals surface area contributed by atoms with Gasteiger partial charge in [-0.3, -0.25) is 4.79 Å². The number of carbonyl (C=O) groups excluding carboxylic acids is 1. The molecule has 0 bridgehead atoms. The van der Waals surface area contributed by atoms with Crippen molar-refractivity contribution in [1.29, 1.82) is 0 Å². The van der Waals surface area contributed by atoms with Crippen molar-refractivity contribution in [3.63, 3.8) is 0 Å². The number of anilines is 2. The van der Waals surface area contributed by atoms with E-state index in [1.54, 1.807) is 18.8 Å². The Morgan fingerprint density at radius 2 is 2.10 bits per heavy atom. The number of carbonyl (C=O) groups is 1. The molecule has 4 N–H and O–H groups in total. The lowest BCUT2D eigenvalue weighted by Gasteiger charge is -2.36. The highest BCUT2D eigenvalue weighted by Gasteiger charge is 2.30. The molecular formula is C13H21N3O2S2. The minimum Gasteiger partial charge on any atom is -0.396 e. The van der Waals surface area contributed by atoms with Crippen molar-refractivity contribution in [2.24, 2.45) is 0 Å². The Morgan fingerprint density at radius 1 is 1.50 bits per heavy atom. The van der Waals surface area contributed by atoms with Gasteiger partial charge in [0, 0.05) is 20.1 Å². The highest BCUT2D eigenvalue weighted by atomic mass is 32.2. The second-order valence-corrected chi connectivity index (χ2v) is 7.06. The number of hydrogen-bond acceptors (Lipinski definition) is 6. The number of nitrogen functional groups attached to an aromatic ring is 1. The van der Waals surface area contributed by atoms with Gasteiger partial charge in [0.25, 0.3) is 5.91 Å². The summed E-state index contributed by atoms with van der Waals surface area (Å²) in [7, 11) is 1.61. The highest BCUT2D eigenvalue weighted by molar-refractivity contribution is 7.99. The van der Waals surface area contributed by atoms with Crippen LogP contribution in [0.1, 0.15) is 29.4 Å². The molecular weight excluding hydrogens is 294 g/mol. The summed E-state index contributed by atoms with van der Waals surface area (Å²) >= 11 is 3.00. The molecule has 0 unspecified atom stereocenters. The molecule has 0 saturated carbocycles. The van der Waals surface area contributed by atoms with Crippen LogP contribution in [-0.4, -0.2) is 43.0 Å². The van der Waals surface area contributed by atoms with Crippen LogP contribution in [0.4, 0.5) is 10.7 Å². The van der Waals surface area contributed by atoms with Gasteiger partial charge in [-0.2, -0.15) is 0 Å². The van der Waals surface area contributed by atoms with Gasteiger partial charge >= 0.3 is 0 Å². The second-order valence-electron chi connectivity index (χ2n) is 5.25. The molecule has 1 amide bonds. The molecule has 1 aliphatic rings. The first-order chi connectivity index (χ1) is 9.39. The maximum Gasteiger partial charge on any atom is 0.263 e. The first-order valence-corrected chi connectivity index (χ1v) is 8.59. The molecule has 1 saturated heterocycles. The van der Waals surface area contributed by atoms with Gasteiger partial charge in [-0.15, -0.1) is 23.1 Å². The number of hydrogen-bond donors (Lipinski definition) is 3. The van der Waals surface area contributed by atoms with Crippen LogP contribution in [0.5, 0.6) is 0 Å². The van der Waals surface area contributed by atoms with E-state index in [4.69, 9.17) is 5.73 Å². The highest BCUT2D eigenvalue weighted by Crippen LogP contribution is 2.45. The fourth-order valence-electron chi connectivity index (χ4n) is 2.30. The van der Waals surface area contributed by atoms with Crippen LogP contribution in [0.2, 0.25) is 0 Å². The van der Waals surface area contributed by atoms with Gasteiger partial charge in [0.2, 0.25) is 0 Å². The van der Waals surface area contributed by atoms with Crippen molar-refractivity contribution < 1.29 is 9.90 Å². The predicted molar refractivity (Wildman–Crippen MR) is 86.0 cm³/mol. The average molecular weight is 315 g/mol. The minimum atomic E-state index is -0.581. The van der Waals surface area contributed by atoms with Crippen molar-refractivity contribution in [2.75, 3.05) is 37.0 Å². The number of nitrogens with zero attached hydrogens (tertiary/aromatic N) is 1. The summed E-state index contributed by atoms with van der Waals surface area (Å²) in [6.45, 7) is 3.44. The van der Waals surface area contributed by atoms with Crippen LogP contribution < -0.4 is 16.0 Å². The van der Waals surface area contributed by atoms with Crippen molar-refractivity contribution in [1.82, 2.24) is 5.32 Å². The van der Waals surface area contributed by atoms with Crippen LogP contribution in [0.25, 0.3) is 0 Å². The van der Waals surface area contributed by atoms with Gasteiger partial charge in [-0.05, 0) is 26.0 Å². The molecule has 1 aromatic heterocycles. The molecule has 2 rings (SSSR count).